The van der Waals surface area contributed by atoms with Crippen molar-refractivity contribution in [1.82, 2.24) is 0 Å². The quantitative estimate of drug-likeness (QED) is 0.338. The van der Waals surface area contributed by atoms with Gasteiger partial charge in [0.05, 0.1) is 34.4 Å². The van der Waals surface area contributed by atoms with Crippen molar-refractivity contribution in [2.45, 2.75) is 25.7 Å². The lowest BCUT2D eigenvalue weighted by Gasteiger charge is -2.25. The predicted octanol–water partition coefficient (Wildman–Crippen LogP) is 3.10. The summed E-state index contributed by atoms with van der Waals surface area (Å²) in [5, 5.41) is 39.8. The Morgan fingerprint density at radius 2 is 1.24 bits per heavy atom. The van der Waals surface area contributed by atoms with Gasteiger partial charge in [0.1, 0.15) is 0 Å². The first-order valence-corrected chi connectivity index (χ1v) is 10.5. The summed E-state index contributed by atoms with van der Waals surface area (Å²) in [6.07, 6.45) is 0.0236. The van der Waals surface area contributed by atoms with Gasteiger partial charge in [-0.25, -0.2) is 0 Å². The Morgan fingerprint density at radius 3 is 1.62 bits per heavy atom. The third-order valence-electron chi connectivity index (χ3n) is 5.61. The highest BCUT2D eigenvalue weighted by molar-refractivity contribution is 5.72. The summed E-state index contributed by atoms with van der Waals surface area (Å²) < 4.78 is 20.7. The fraction of sp³-hybridized carbons (Fsp3) is 0.417. The Hall–Kier alpha value is -3.82. The van der Waals surface area contributed by atoms with Gasteiger partial charge in [-0.05, 0) is 60.6 Å². The van der Waals surface area contributed by atoms with E-state index in [-0.39, 0.29) is 60.2 Å². The van der Waals surface area contributed by atoms with Crippen LogP contribution in [0.25, 0.3) is 0 Å². The maximum absolute atomic E-state index is 12.3. The van der Waals surface area contributed by atoms with E-state index in [0.29, 0.717) is 11.1 Å². The molecular weight excluding hydrogens is 448 g/mol. The van der Waals surface area contributed by atoms with Crippen LogP contribution in [0.3, 0.4) is 0 Å². The molecule has 0 unspecified atom stereocenters. The number of hydrogen-bond donors (Lipinski definition) is 4. The summed E-state index contributed by atoms with van der Waals surface area (Å²) in [6.45, 7) is 0. The van der Waals surface area contributed by atoms with Crippen molar-refractivity contribution in [2.24, 2.45) is 11.8 Å². The number of benzene rings is 2. The molecule has 0 aliphatic heterocycles. The molecule has 0 heterocycles. The summed E-state index contributed by atoms with van der Waals surface area (Å²) in [7, 11) is 5.56. The second-order valence-electron chi connectivity index (χ2n) is 7.75. The SMILES string of the molecule is COc1cc(C[C@H](CCC(=O)O)[C@H](Cc2cc(O)c(OC)c(OC)c2)C(=O)O)cc(O)c1OC. The van der Waals surface area contributed by atoms with Crippen molar-refractivity contribution in [1.29, 1.82) is 0 Å². The van der Waals surface area contributed by atoms with Crippen LogP contribution >= 0.6 is 0 Å². The molecule has 2 rings (SSSR count). The van der Waals surface area contributed by atoms with E-state index in [2.05, 4.69) is 0 Å². The minimum absolute atomic E-state index is 0.00675. The summed E-state index contributed by atoms with van der Waals surface area (Å²) in [6, 6.07) is 6.03. The number of hydrogen-bond acceptors (Lipinski definition) is 8. The molecule has 0 fully saturated rings. The van der Waals surface area contributed by atoms with Gasteiger partial charge in [0, 0.05) is 6.42 Å². The highest BCUT2D eigenvalue weighted by Gasteiger charge is 2.30. The summed E-state index contributed by atoms with van der Waals surface area (Å²) >= 11 is 0. The Bertz CT molecular complexity index is 1020. The number of carboxylic acid groups (broad SMARTS) is 2. The Kier molecular flexibility index (Phi) is 9.23. The molecule has 0 saturated carbocycles. The van der Waals surface area contributed by atoms with Gasteiger partial charge in [0.2, 0.25) is 11.5 Å². The van der Waals surface area contributed by atoms with E-state index in [1.165, 1.54) is 40.6 Å². The van der Waals surface area contributed by atoms with Gasteiger partial charge >= 0.3 is 11.9 Å². The number of phenolic OH excluding ortho intramolecular Hbond substituents is 2. The van der Waals surface area contributed by atoms with E-state index < -0.39 is 23.8 Å². The first-order chi connectivity index (χ1) is 16.1. The van der Waals surface area contributed by atoms with Crippen LogP contribution in [0.1, 0.15) is 24.0 Å². The molecule has 2 aromatic rings. The lowest BCUT2D eigenvalue weighted by Crippen LogP contribution is -2.28. The largest absolute Gasteiger partial charge is 0.504 e. The third-order valence-corrected chi connectivity index (χ3v) is 5.61. The Labute approximate surface area is 197 Å². The van der Waals surface area contributed by atoms with Crippen LogP contribution in [0.2, 0.25) is 0 Å². The zero-order chi connectivity index (χ0) is 25.4. The number of aromatic hydroxyl groups is 2. The van der Waals surface area contributed by atoms with Crippen molar-refractivity contribution in [2.75, 3.05) is 28.4 Å². The van der Waals surface area contributed by atoms with Crippen molar-refractivity contribution in [3.63, 3.8) is 0 Å². The fourth-order valence-corrected chi connectivity index (χ4v) is 4.00. The van der Waals surface area contributed by atoms with Crippen LogP contribution in [-0.2, 0) is 22.4 Å². The molecule has 0 aromatic heterocycles. The Morgan fingerprint density at radius 1 is 0.765 bits per heavy atom. The first kappa shape index (κ1) is 26.4. The first-order valence-electron chi connectivity index (χ1n) is 10.5. The Balaban J connectivity index is 2.44. The molecule has 4 N–H and O–H groups in total. The lowest BCUT2D eigenvalue weighted by atomic mass is 9.80. The highest BCUT2D eigenvalue weighted by Crippen LogP contribution is 2.40. The zero-order valence-corrected chi connectivity index (χ0v) is 19.5. The maximum atomic E-state index is 12.3. The molecule has 0 saturated heterocycles. The number of carbonyl (C=O) groups is 2. The van der Waals surface area contributed by atoms with E-state index in [4.69, 9.17) is 18.9 Å². The second kappa shape index (κ2) is 11.9. The van der Waals surface area contributed by atoms with E-state index in [1.807, 2.05) is 0 Å². The predicted molar refractivity (Wildman–Crippen MR) is 121 cm³/mol. The van der Waals surface area contributed by atoms with Gasteiger partial charge in [-0.15, -0.1) is 0 Å². The minimum atomic E-state index is -1.12. The third kappa shape index (κ3) is 6.37. The standard InChI is InChI=1S/C24H30O10/c1-31-19-11-13(9-17(25)22(19)33-3)7-15(5-6-21(27)28)16(24(29)30)8-14-10-18(26)23(34-4)20(12-14)32-2/h9-12,15-16,25-26H,5-8H2,1-4H3,(H,27,28)(H,29,30)/t15-,16-/m0/s1. The van der Waals surface area contributed by atoms with E-state index in [9.17, 15) is 30.0 Å². The molecule has 0 radical (unpaired) electrons. The fourth-order valence-electron chi connectivity index (χ4n) is 4.00. The number of methoxy groups -OCH3 is 4. The van der Waals surface area contributed by atoms with Crippen molar-refractivity contribution in [3.05, 3.63) is 35.4 Å². The van der Waals surface area contributed by atoms with Gasteiger partial charge in [-0.1, -0.05) is 0 Å². The van der Waals surface area contributed by atoms with Crippen molar-refractivity contribution >= 4 is 11.9 Å². The summed E-state index contributed by atoms with van der Waals surface area (Å²) in [5.41, 5.74) is 1.05. The topological polar surface area (TPSA) is 152 Å². The number of carboxylic acids is 2. The van der Waals surface area contributed by atoms with E-state index in [1.54, 1.807) is 12.1 Å². The molecule has 2 aromatic carbocycles. The summed E-state index contributed by atoms with van der Waals surface area (Å²) in [4.78, 5) is 23.5. The molecule has 0 amide bonds. The molecule has 10 heteroatoms. The second-order valence-corrected chi connectivity index (χ2v) is 7.75. The van der Waals surface area contributed by atoms with Gasteiger partial charge < -0.3 is 39.4 Å². The minimum Gasteiger partial charge on any atom is -0.504 e. The normalized spacial score (nSPS) is 12.5. The lowest BCUT2D eigenvalue weighted by molar-refractivity contribution is -0.145. The van der Waals surface area contributed by atoms with Crippen molar-refractivity contribution in [3.8, 4) is 34.5 Å². The summed E-state index contributed by atoms with van der Waals surface area (Å²) in [5.74, 6) is -3.36. The van der Waals surface area contributed by atoms with Gasteiger partial charge in [0.25, 0.3) is 0 Å². The molecular formula is C24H30O10. The molecule has 34 heavy (non-hydrogen) atoms. The number of ether oxygens (including phenoxy) is 4. The number of rotatable bonds is 13. The molecule has 0 aliphatic rings. The number of phenols is 2. The van der Waals surface area contributed by atoms with Crippen molar-refractivity contribution < 1.29 is 49.0 Å². The molecule has 10 nitrogen and oxygen atoms in total. The van der Waals surface area contributed by atoms with Gasteiger partial charge in [0.15, 0.2) is 23.0 Å². The molecule has 0 bridgehead atoms. The van der Waals surface area contributed by atoms with E-state index >= 15 is 0 Å². The number of aliphatic carboxylic acids is 2. The van der Waals surface area contributed by atoms with Gasteiger partial charge in [-0.2, -0.15) is 0 Å². The average molecular weight is 478 g/mol. The highest BCUT2D eigenvalue weighted by atomic mass is 16.5. The van der Waals surface area contributed by atoms with Crippen LogP contribution in [0.4, 0.5) is 0 Å². The molecule has 0 spiro atoms. The molecule has 2 atom stereocenters. The maximum Gasteiger partial charge on any atom is 0.307 e. The van der Waals surface area contributed by atoms with Gasteiger partial charge in [-0.3, -0.25) is 9.59 Å². The average Bonchev–Trinajstić information content (AvgIpc) is 2.79. The van der Waals surface area contributed by atoms with Crippen LogP contribution in [0.5, 0.6) is 34.5 Å². The molecule has 186 valence electrons. The van der Waals surface area contributed by atoms with Crippen LogP contribution < -0.4 is 18.9 Å². The van der Waals surface area contributed by atoms with E-state index in [0.717, 1.165) is 0 Å². The zero-order valence-electron chi connectivity index (χ0n) is 19.5. The monoisotopic (exact) mass is 478 g/mol. The van der Waals surface area contributed by atoms with Crippen LogP contribution in [0.15, 0.2) is 24.3 Å². The van der Waals surface area contributed by atoms with Crippen LogP contribution in [0, 0.1) is 11.8 Å². The van der Waals surface area contributed by atoms with Crippen LogP contribution in [-0.4, -0.2) is 60.8 Å². The smallest absolute Gasteiger partial charge is 0.307 e. The molecule has 0 aliphatic carbocycles.